The van der Waals surface area contributed by atoms with Crippen molar-refractivity contribution in [1.29, 1.82) is 0 Å². The number of hydrogen-bond donors (Lipinski definition) is 0. The van der Waals surface area contributed by atoms with Gasteiger partial charge in [-0.25, -0.2) is 9.59 Å². The summed E-state index contributed by atoms with van der Waals surface area (Å²) in [7, 11) is 1.60. The molecule has 38 heavy (non-hydrogen) atoms. The SMILES string of the molecule is CCN(CC1CN(C(=O)OC(C)(C)C)CCN(Cc2ccc(OC)cc2)C1=O)C(=O)OCc1ccccc1. The van der Waals surface area contributed by atoms with Crippen molar-refractivity contribution in [3.05, 3.63) is 65.7 Å². The molecule has 1 aliphatic heterocycles. The van der Waals surface area contributed by atoms with Crippen LogP contribution < -0.4 is 4.74 Å². The second-order valence-electron chi connectivity index (χ2n) is 10.3. The molecular formula is C29H39N3O6. The summed E-state index contributed by atoms with van der Waals surface area (Å²) in [6, 6.07) is 17.0. The lowest BCUT2D eigenvalue weighted by atomic mass is 10.1. The maximum Gasteiger partial charge on any atom is 0.410 e. The number of amides is 3. The average Bonchev–Trinajstić information content (AvgIpc) is 3.04. The molecule has 1 aliphatic rings. The molecule has 0 aliphatic carbocycles. The highest BCUT2D eigenvalue weighted by atomic mass is 16.6. The van der Waals surface area contributed by atoms with E-state index in [-0.39, 0.29) is 25.6 Å². The van der Waals surface area contributed by atoms with E-state index in [0.717, 1.165) is 16.9 Å². The van der Waals surface area contributed by atoms with Crippen LogP contribution in [0.4, 0.5) is 9.59 Å². The number of nitrogens with zero attached hydrogens (tertiary/aromatic N) is 3. The third-order valence-electron chi connectivity index (χ3n) is 6.21. The Morgan fingerprint density at radius 3 is 2.29 bits per heavy atom. The molecule has 1 atom stereocenters. The summed E-state index contributed by atoms with van der Waals surface area (Å²) < 4.78 is 16.4. The zero-order chi connectivity index (χ0) is 27.7. The summed E-state index contributed by atoms with van der Waals surface area (Å²) in [4.78, 5) is 44.4. The van der Waals surface area contributed by atoms with Gasteiger partial charge in [-0.3, -0.25) is 4.79 Å². The second kappa shape index (κ2) is 13.2. The van der Waals surface area contributed by atoms with Gasteiger partial charge in [0, 0.05) is 39.3 Å². The molecule has 0 bridgehead atoms. The Morgan fingerprint density at radius 2 is 1.68 bits per heavy atom. The molecule has 1 fully saturated rings. The third-order valence-corrected chi connectivity index (χ3v) is 6.21. The minimum absolute atomic E-state index is 0.124. The van der Waals surface area contributed by atoms with Crippen LogP contribution in [0.25, 0.3) is 0 Å². The van der Waals surface area contributed by atoms with Crippen LogP contribution in [0.1, 0.15) is 38.8 Å². The Labute approximate surface area is 225 Å². The van der Waals surface area contributed by atoms with Gasteiger partial charge in [0.2, 0.25) is 5.91 Å². The summed E-state index contributed by atoms with van der Waals surface area (Å²) in [6.45, 7) is 9.11. The van der Waals surface area contributed by atoms with Crippen LogP contribution in [0.15, 0.2) is 54.6 Å². The molecule has 3 amide bonds. The van der Waals surface area contributed by atoms with Crippen molar-refractivity contribution < 1.29 is 28.6 Å². The molecule has 2 aromatic carbocycles. The lowest BCUT2D eigenvalue weighted by molar-refractivity contribution is -0.135. The molecule has 0 radical (unpaired) electrons. The number of benzene rings is 2. The molecule has 0 spiro atoms. The van der Waals surface area contributed by atoms with Crippen LogP contribution in [0.5, 0.6) is 5.75 Å². The minimum atomic E-state index is -0.664. The van der Waals surface area contributed by atoms with Crippen molar-refractivity contribution in [2.24, 2.45) is 5.92 Å². The normalized spacial score (nSPS) is 16.0. The highest BCUT2D eigenvalue weighted by Gasteiger charge is 2.36. The summed E-state index contributed by atoms with van der Waals surface area (Å²) in [5.41, 5.74) is 1.16. The zero-order valence-electron chi connectivity index (χ0n) is 23.0. The van der Waals surface area contributed by atoms with Gasteiger partial charge in [0.25, 0.3) is 0 Å². The van der Waals surface area contributed by atoms with Gasteiger partial charge in [-0.05, 0) is 51.0 Å². The Kier molecular flexibility index (Phi) is 9.98. The molecule has 2 aromatic rings. The van der Waals surface area contributed by atoms with E-state index in [9.17, 15) is 14.4 Å². The lowest BCUT2D eigenvalue weighted by Crippen LogP contribution is -2.45. The van der Waals surface area contributed by atoms with E-state index in [2.05, 4.69) is 0 Å². The van der Waals surface area contributed by atoms with E-state index in [1.165, 1.54) is 4.90 Å². The van der Waals surface area contributed by atoms with E-state index in [4.69, 9.17) is 14.2 Å². The number of carbonyl (C=O) groups is 3. The van der Waals surface area contributed by atoms with E-state index in [1.807, 2.05) is 82.3 Å². The molecule has 1 saturated heterocycles. The Balaban J connectivity index is 1.76. The average molecular weight is 526 g/mol. The van der Waals surface area contributed by atoms with Gasteiger partial charge in [0.15, 0.2) is 0 Å². The van der Waals surface area contributed by atoms with Crippen LogP contribution in [0.2, 0.25) is 0 Å². The zero-order valence-corrected chi connectivity index (χ0v) is 23.0. The van der Waals surface area contributed by atoms with Crippen molar-refractivity contribution in [2.75, 3.05) is 39.8 Å². The second-order valence-corrected chi connectivity index (χ2v) is 10.3. The van der Waals surface area contributed by atoms with Gasteiger partial charge in [-0.2, -0.15) is 0 Å². The van der Waals surface area contributed by atoms with Crippen molar-refractivity contribution in [1.82, 2.24) is 14.7 Å². The van der Waals surface area contributed by atoms with Gasteiger partial charge >= 0.3 is 12.2 Å². The van der Waals surface area contributed by atoms with Crippen molar-refractivity contribution in [3.63, 3.8) is 0 Å². The fourth-order valence-corrected chi connectivity index (χ4v) is 4.19. The van der Waals surface area contributed by atoms with E-state index in [0.29, 0.717) is 26.2 Å². The maximum absolute atomic E-state index is 13.7. The molecule has 1 unspecified atom stereocenters. The Bertz CT molecular complexity index is 1070. The fourth-order valence-electron chi connectivity index (χ4n) is 4.19. The number of carbonyl (C=O) groups excluding carboxylic acids is 3. The molecule has 9 nitrogen and oxygen atoms in total. The smallest absolute Gasteiger partial charge is 0.410 e. The molecule has 9 heteroatoms. The molecule has 1 heterocycles. The topological polar surface area (TPSA) is 88.6 Å². The first-order chi connectivity index (χ1) is 18.1. The number of rotatable bonds is 8. The van der Waals surface area contributed by atoms with Gasteiger partial charge in [-0.1, -0.05) is 42.5 Å². The summed E-state index contributed by atoms with van der Waals surface area (Å²) in [5, 5.41) is 0. The lowest BCUT2D eigenvalue weighted by Gasteiger charge is -2.30. The number of ether oxygens (including phenoxy) is 3. The first-order valence-corrected chi connectivity index (χ1v) is 12.9. The van der Waals surface area contributed by atoms with Gasteiger partial charge in [0.05, 0.1) is 13.0 Å². The van der Waals surface area contributed by atoms with Crippen molar-refractivity contribution in [3.8, 4) is 5.75 Å². The summed E-state index contributed by atoms with van der Waals surface area (Å²) in [5.74, 6) is -0.0220. The van der Waals surface area contributed by atoms with E-state index >= 15 is 0 Å². The summed E-state index contributed by atoms with van der Waals surface area (Å²) in [6.07, 6.45) is -0.977. The third kappa shape index (κ3) is 8.39. The Morgan fingerprint density at radius 1 is 1.00 bits per heavy atom. The number of hydrogen-bond acceptors (Lipinski definition) is 6. The van der Waals surface area contributed by atoms with Gasteiger partial charge < -0.3 is 28.9 Å². The molecule has 0 saturated carbocycles. The van der Waals surface area contributed by atoms with E-state index in [1.54, 1.807) is 16.9 Å². The van der Waals surface area contributed by atoms with Crippen LogP contribution in [-0.4, -0.2) is 78.2 Å². The van der Waals surface area contributed by atoms with Crippen molar-refractivity contribution >= 4 is 18.1 Å². The minimum Gasteiger partial charge on any atom is -0.497 e. The van der Waals surface area contributed by atoms with Gasteiger partial charge in [0.1, 0.15) is 18.0 Å². The molecule has 206 valence electrons. The maximum atomic E-state index is 13.7. The highest BCUT2D eigenvalue weighted by Crippen LogP contribution is 2.20. The Hall–Kier alpha value is -3.75. The number of methoxy groups -OCH3 is 1. The molecule has 0 N–H and O–H groups in total. The standard InChI is InChI=1S/C29H39N3O6/c1-6-30(27(34)37-21-23-10-8-7-9-11-23)19-24-20-32(28(35)38-29(2,3)4)17-16-31(26(24)33)18-22-12-14-25(36-5)15-13-22/h7-15,24H,6,16-21H2,1-5H3. The van der Waals surface area contributed by atoms with Crippen LogP contribution in [0, 0.1) is 5.92 Å². The fraction of sp³-hybridized carbons (Fsp3) is 0.483. The molecular weight excluding hydrogens is 486 g/mol. The summed E-state index contributed by atoms with van der Waals surface area (Å²) >= 11 is 0. The largest absolute Gasteiger partial charge is 0.497 e. The van der Waals surface area contributed by atoms with Crippen LogP contribution in [-0.2, 0) is 27.4 Å². The van der Waals surface area contributed by atoms with E-state index < -0.39 is 23.7 Å². The molecule has 0 aromatic heterocycles. The predicted molar refractivity (Wildman–Crippen MR) is 144 cm³/mol. The molecule has 3 rings (SSSR count). The van der Waals surface area contributed by atoms with Crippen molar-refractivity contribution in [2.45, 2.75) is 46.4 Å². The predicted octanol–water partition coefficient (Wildman–Crippen LogP) is 4.55. The quantitative estimate of drug-likeness (QED) is 0.503. The first kappa shape index (κ1) is 28.8. The van der Waals surface area contributed by atoms with Crippen LogP contribution >= 0.6 is 0 Å². The van der Waals surface area contributed by atoms with Gasteiger partial charge in [-0.15, -0.1) is 0 Å². The van der Waals surface area contributed by atoms with Crippen LogP contribution in [0.3, 0.4) is 0 Å². The monoisotopic (exact) mass is 525 g/mol. The highest BCUT2D eigenvalue weighted by molar-refractivity contribution is 5.81. The first-order valence-electron chi connectivity index (χ1n) is 12.9.